The molecular formula is C18H18N4O2. The predicted octanol–water partition coefficient (Wildman–Crippen LogP) is 1.21. The molecule has 2 N–H and O–H groups in total. The molecule has 1 fully saturated rings. The third kappa shape index (κ3) is 3.65. The van der Waals surface area contributed by atoms with E-state index in [-0.39, 0.29) is 11.8 Å². The van der Waals surface area contributed by atoms with Crippen molar-refractivity contribution in [3.8, 4) is 0 Å². The smallest absolute Gasteiger partial charge is 0.228 e. The molecule has 0 unspecified atom stereocenters. The lowest BCUT2D eigenvalue weighted by Crippen LogP contribution is -2.29. The quantitative estimate of drug-likeness (QED) is 0.783. The van der Waals surface area contributed by atoms with Crippen LogP contribution in [0.5, 0.6) is 0 Å². The monoisotopic (exact) mass is 322 g/mol. The van der Waals surface area contributed by atoms with Gasteiger partial charge in [-0.15, -0.1) is 0 Å². The second-order valence-corrected chi connectivity index (χ2v) is 5.68. The highest BCUT2D eigenvalue weighted by Gasteiger charge is 2.52. The van der Waals surface area contributed by atoms with E-state index in [9.17, 15) is 9.59 Å². The fraction of sp³-hybridized carbons (Fsp3) is 0.222. The maximum Gasteiger partial charge on any atom is 0.228 e. The molecule has 0 aromatic carbocycles. The first-order chi connectivity index (χ1) is 11.7. The lowest BCUT2D eigenvalue weighted by Gasteiger charge is -2.06. The largest absolute Gasteiger partial charge is 0.351 e. The van der Waals surface area contributed by atoms with Gasteiger partial charge >= 0.3 is 0 Å². The van der Waals surface area contributed by atoms with Crippen LogP contribution in [0.2, 0.25) is 0 Å². The van der Waals surface area contributed by atoms with Gasteiger partial charge < -0.3 is 10.6 Å². The number of carbonyl (C=O) groups is 2. The van der Waals surface area contributed by atoms with Crippen LogP contribution in [0.3, 0.4) is 0 Å². The van der Waals surface area contributed by atoms with Gasteiger partial charge in [-0.2, -0.15) is 0 Å². The molecule has 0 radical (unpaired) electrons. The third-order valence-electron chi connectivity index (χ3n) is 4.02. The molecule has 0 spiro atoms. The summed E-state index contributed by atoms with van der Waals surface area (Å²) < 4.78 is 0. The summed E-state index contributed by atoms with van der Waals surface area (Å²) in [6, 6.07) is 7.34. The van der Waals surface area contributed by atoms with Crippen molar-refractivity contribution in [1.82, 2.24) is 20.6 Å². The fourth-order valence-corrected chi connectivity index (χ4v) is 2.55. The van der Waals surface area contributed by atoms with Gasteiger partial charge in [0, 0.05) is 37.9 Å². The van der Waals surface area contributed by atoms with Crippen molar-refractivity contribution in [2.75, 3.05) is 0 Å². The van der Waals surface area contributed by atoms with E-state index >= 15 is 0 Å². The minimum absolute atomic E-state index is 0.166. The zero-order chi connectivity index (χ0) is 16.9. The lowest BCUT2D eigenvalue weighted by molar-refractivity contribution is -0.127. The van der Waals surface area contributed by atoms with Crippen LogP contribution < -0.4 is 10.6 Å². The normalized spacial score (nSPS) is 18.8. The molecule has 24 heavy (non-hydrogen) atoms. The maximum absolute atomic E-state index is 12.2. The predicted molar refractivity (Wildman–Crippen MR) is 88.3 cm³/mol. The third-order valence-corrected chi connectivity index (χ3v) is 4.02. The van der Waals surface area contributed by atoms with E-state index in [1.165, 1.54) is 0 Å². The molecule has 6 heteroatoms. The molecule has 1 aliphatic carbocycles. The van der Waals surface area contributed by atoms with Gasteiger partial charge in [0.15, 0.2) is 0 Å². The number of hydrogen-bond donors (Lipinski definition) is 2. The molecule has 2 aromatic heterocycles. The first-order valence-electron chi connectivity index (χ1n) is 7.68. The van der Waals surface area contributed by atoms with Gasteiger partial charge in [-0.25, -0.2) is 0 Å². The molecule has 1 aliphatic rings. The van der Waals surface area contributed by atoms with Crippen LogP contribution in [0, 0.1) is 11.8 Å². The molecule has 1 saturated carbocycles. The average Bonchev–Trinajstić information content (AvgIpc) is 3.30. The molecule has 122 valence electrons. The Hall–Kier alpha value is -3.02. The van der Waals surface area contributed by atoms with Gasteiger partial charge in [-0.05, 0) is 35.4 Å². The van der Waals surface area contributed by atoms with Crippen molar-refractivity contribution in [2.24, 2.45) is 11.8 Å². The van der Waals surface area contributed by atoms with E-state index in [2.05, 4.69) is 27.2 Å². The van der Waals surface area contributed by atoms with Crippen molar-refractivity contribution in [1.29, 1.82) is 0 Å². The summed E-state index contributed by atoms with van der Waals surface area (Å²) in [4.78, 5) is 32.3. The molecule has 6 nitrogen and oxygen atoms in total. The van der Waals surface area contributed by atoms with Crippen molar-refractivity contribution in [2.45, 2.75) is 13.1 Å². The summed E-state index contributed by atoms with van der Waals surface area (Å²) in [5.74, 6) is -1.21. The van der Waals surface area contributed by atoms with Crippen LogP contribution >= 0.6 is 0 Å². The Balaban J connectivity index is 1.48. The maximum atomic E-state index is 12.2. The van der Waals surface area contributed by atoms with Crippen LogP contribution in [-0.2, 0) is 22.7 Å². The number of nitrogens with one attached hydrogen (secondary N) is 2. The summed E-state index contributed by atoms with van der Waals surface area (Å²) in [5.41, 5.74) is 2.58. The van der Waals surface area contributed by atoms with Gasteiger partial charge in [-0.3, -0.25) is 19.6 Å². The zero-order valence-electron chi connectivity index (χ0n) is 13.1. The van der Waals surface area contributed by atoms with Crippen LogP contribution in [0.4, 0.5) is 0 Å². The summed E-state index contributed by atoms with van der Waals surface area (Å²) in [5, 5.41) is 5.67. The fourth-order valence-electron chi connectivity index (χ4n) is 2.55. The summed E-state index contributed by atoms with van der Waals surface area (Å²) in [6.07, 6.45) is 6.69. The van der Waals surface area contributed by atoms with Gasteiger partial charge in [-0.1, -0.05) is 12.2 Å². The molecule has 0 saturated heterocycles. The number of rotatable bonds is 6. The second kappa shape index (κ2) is 7.04. The Morgan fingerprint density at radius 1 is 0.833 bits per heavy atom. The first-order valence-corrected chi connectivity index (χ1v) is 7.68. The molecular weight excluding hydrogens is 304 g/mol. The van der Waals surface area contributed by atoms with Gasteiger partial charge in [0.1, 0.15) is 0 Å². The zero-order valence-corrected chi connectivity index (χ0v) is 13.1. The highest BCUT2D eigenvalue weighted by Crippen LogP contribution is 2.44. The van der Waals surface area contributed by atoms with E-state index in [0.717, 1.165) is 11.1 Å². The molecule has 2 atom stereocenters. The number of nitrogens with zero attached hydrogens (tertiary/aromatic N) is 2. The Morgan fingerprint density at radius 3 is 1.58 bits per heavy atom. The Labute approximate surface area is 140 Å². The molecule has 2 aromatic rings. The average molecular weight is 322 g/mol. The highest BCUT2D eigenvalue weighted by molar-refractivity contribution is 5.99. The minimum Gasteiger partial charge on any atom is -0.351 e. The Morgan fingerprint density at radius 2 is 1.21 bits per heavy atom. The van der Waals surface area contributed by atoms with Crippen LogP contribution in [-0.4, -0.2) is 21.8 Å². The Bertz CT molecular complexity index is 683. The topological polar surface area (TPSA) is 84.0 Å². The van der Waals surface area contributed by atoms with Gasteiger partial charge in [0.25, 0.3) is 0 Å². The number of hydrogen-bond acceptors (Lipinski definition) is 4. The molecule has 0 bridgehead atoms. The van der Waals surface area contributed by atoms with Crippen molar-refractivity contribution >= 4 is 11.8 Å². The van der Waals surface area contributed by atoms with Crippen molar-refractivity contribution in [3.63, 3.8) is 0 Å². The Kier molecular flexibility index (Phi) is 4.65. The van der Waals surface area contributed by atoms with E-state index in [1.807, 2.05) is 24.3 Å². The van der Waals surface area contributed by atoms with Gasteiger partial charge in [0.05, 0.1) is 11.8 Å². The van der Waals surface area contributed by atoms with E-state index < -0.39 is 11.8 Å². The van der Waals surface area contributed by atoms with Crippen LogP contribution in [0.15, 0.2) is 61.2 Å². The van der Waals surface area contributed by atoms with E-state index in [1.54, 1.807) is 24.8 Å². The molecule has 0 aliphatic heterocycles. The number of amides is 2. The standard InChI is InChI=1S/C18H18N4O2/c1-12-15(17(23)21-10-13-2-6-19-7-3-13)16(12)18(24)22-11-14-4-8-20-9-5-14/h2-9,15-16H,1,10-11H2,(H,21,23)(H,22,24)/t15-,16+. The van der Waals surface area contributed by atoms with Crippen LogP contribution in [0.1, 0.15) is 11.1 Å². The van der Waals surface area contributed by atoms with Crippen molar-refractivity contribution in [3.05, 3.63) is 72.3 Å². The lowest BCUT2D eigenvalue weighted by atomic mass is 10.2. The van der Waals surface area contributed by atoms with Crippen LogP contribution in [0.25, 0.3) is 0 Å². The number of pyridine rings is 2. The van der Waals surface area contributed by atoms with Crippen molar-refractivity contribution < 1.29 is 9.59 Å². The number of aromatic nitrogens is 2. The molecule has 3 rings (SSSR count). The SMILES string of the molecule is C=C1[C@H](C(=O)NCc2ccncc2)[C@@H]1C(=O)NCc1ccncc1. The molecule has 2 amide bonds. The summed E-state index contributed by atoms with van der Waals surface area (Å²) >= 11 is 0. The highest BCUT2D eigenvalue weighted by atomic mass is 16.2. The first kappa shape index (κ1) is 15.9. The van der Waals surface area contributed by atoms with Gasteiger partial charge in [0.2, 0.25) is 11.8 Å². The molecule has 2 heterocycles. The number of carbonyl (C=O) groups excluding carboxylic acids is 2. The summed E-state index contributed by atoms with van der Waals surface area (Å²) in [6.45, 7) is 4.67. The van der Waals surface area contributed by atoms with E-state index in [4.69, 9.17) is 0 Å². The van der Waals surface area contributed by atoms with E-state index in [0.29, 0.717) is 18.7 Å². The minimum atomic E-state index is -0.440. The second-order valence-electron chi connectivity index (χ2n) is 5.68. The summed E-state index contributed by atoms with van der Waals surface area (Å²) in [7, 11) is 0.